The summed E-state index contributed by atoms with van der Waals surface area (Å²) in [4.78, 5) is 10.6. The third-order valence-electron chi connectivity index (χ3n) is 2.81. The predicted octanol–water partition coefficient (Wildman–Crippen LogP) is 1.82. The second kappa shape index (κ2) is 5.29. The van der Waals surface area contributed by atoms with Gasteiger partial charge >= 0.3 is 0 Å². The Kier molecular flexibility index (Phi) is 3.49. The third kappa shape index (κ3) is 2.70. The van der Waals surface area contributed by atoms with Gasteiger partial charge in [-0.25, -0.2) is 9.50 Å². The molecule has 104 valence electrons. The minimum absolute atomic E-state index is 0.592. The number of aryl methyl sites for hydroxylation is 1. The molecular formula is C12H13BrN6O. The van der Waals surface area contributed by atoms with E-state index in [1.807, 2.05) is 19.4 Å². The lowest BCUT2D eigenvalue weighted by Crippen LogP contribution is -2.17. The molecule has 0 aliphatic rings. The first-order valence-corrected chi connectivity index (χ1v) is 6.86. The fourth-order valence-corrected chi connectivity index (χ4v) is 2.29. The number of aromatic nitrogens is 5. The Morgan fingerprint density at radius 2 is 2.20 bits per heavy atom. The van der Waals surface area contributed by atoms with Crippen LogP contribution in [0.3, 0.4) is 0 Å². The molecule has 7 nitrogen and oxygen atoms in total. The first-order chi connectivity index (χ1) is 9.61. The molecule has 0 fully saturated rings. The maximum atomic E-state index is 5.11. The largest absolute Gasteiger partial charge is 0.338 e. The normalized spacial score (nSPS) is 11.6. The Balaban J connectivity index is 1.75. The Labute approximate surface area is 123 Å². The van der Waals surface area contributed by atoms with Crippen LogP contribution in [0.1, 0.15) is 17.3 Å². The number of hydrogen-bond donors (Lipinski definition) is 0. The van der Waals surface area contributed by atoms with Crippen LogP contribution < -0.4 is 0 Å². The van der Waals surface area contributed by atoms with Crippen LogP contribution in [-0.2, 0) is 13.1 Å². The summed E-state index contributed by atoms with van der Waals surface area (Å²) in [5.41, 5.74) is 1.90. The Morgan fingerprint density at radius 1 is 1.35 bits per heavy atom. The molecule has 3 heterocycles. The summed E-state index contributed by atoms with van der Waals surface area (Å²) in [6.07, 6.45) is 5.47. The Morgan fingerprint density at radius 3 is 2.95 bits per heavy atom. The Bertz CT molecular complexity index is 736. The van der Waals surface area contributed by atoms with Gasteiger partial charge in [-0.3, -0.25) is 4.90 Å². The maximum absolute atomic E-state index is 5.11. The van der Waals surface area contributed by atoms with Crippen molar-refractivity contribution in [2.75, 3.05) is 7.05 Å². The molecule has 0 aliphatic heterocycles. The van der Waals surface area contributed by atoms with Gasteiger partial charge in [-0.1, -0.05) is 5.16 Å². The first-order valence-electron chi connectivity index (χ1n) is 6.07. The van der Waals surface area contributed by atoms with Crippen LogP contribution >= 0.6 is 15.9 Å². The summed E-state index contributed by atoms with van der Waals surface area (Å²) in [5.74, 6) is 1.26. The maximum Gasteiger partial charge on any atom is 0.240 e. The summed E-state index contributed by atoms with van der Waals surface area (Å²) in [6.45, 7) is 3.11. The molecule has 0 amide bonds. The van der Waals surface area contributed by atoms with Gasteiger partial charge in [0.15, 0.2) is 11.5 Å². The molecule has 0 unspecified atom stereocenters. The average molecular weight is 337 g/mol. The molecule has 0 bridgehead atoms. The molecule has 0 radical (unpaired) electrons. The SMILES string of the molecule is Cc1noc(CN(C)Cc2cnn3cc(Br)cnc23)n1. The molecule has 0 saturated heterocycles. The van der Waals surface area contributed by atoms with E-state index in [-0.39, 0.29) is 0 Å². The predicted molar refractivity (Wildman–Crippen MR) is 74.9 cm³/mol. The second-order valence-corrected chi connectivity index (χ2v) is 5.53. The van der Waals surface area contributed by atoms with Crippen LogP contribution in [0.5, 0.6) is 0 Å². The van der Waals surface area contributed by atoms with E-state index in [0.717, 1.165) is 15.7 Å². The number of halogens is 1. The van der Waals surface area contributed by atoms with Crippen molar-refractivity contribution in [2.24, 2.45) is 0 Å². The fraction of sp³-hybridized carbons (Fsp3) is 0.333. The zero-order valence-electron chi connectivity index (χ0n) is 11.1. The van der Waals surface area contributed by atoms with Crippen LogP contribution in [0.15, 0.2) is 27.6 Å². The highest BCUT2D eigenvalue weighted by molar-refractivity contribution is 9.10. The number of rotatable bonds is 4. The van der Waals surface area contributed by atoms with Gasteiger partial charge in [0.1, 0.15) is 0 Å². The van der Waals surface area contributed by atoms with Gasteiger partial charge in [0.25, 0.3) is 0 Å². The zero-order chi connectivity index (χ0) is 14.1. The highest BCUT2D eigenvalue weighted by atomic mass is 79.9. The van der Waals surface area contributed by atoms with Crippen LogP contribution in [-0.4, -0.2) is 36.7 Å². The molecule has 0 aromatic carbocycles. The minimum Gasteiger partial charge on any atom is -0.338 e. The summed E-state index contributed by atoms with van der Waals surface area (Å²) in [6, 6.07) is 0. The smallest absolute Gasteiger partial charge is 0.240 e. The van der Waals surface area contributed by atoms with Crippen molar-refractivity contribution >= 4 is 21.6 Å². The second-order valence-electron chi connectivity index (χ2n) is 4.62. The molecule has 0 saturated carbocycles. The zero-order valence-corrected chi connectivity index (χ0v) is 12.7. The number of fused-ring (bicyclic) bond motifs is 1. The van der Waals surface area contributed by atoms with Crippen molar-refractivity contribution in [1.82, 2.24) is 29.6 Å². The molecule has 8 heteroatoms. The van der Waals surface area contributed by atoms with E-state index in [2.05, 4.69) is 41.1 Å². The quantitative estimate of drug-likeness (QED) is 0.723. The van der Waals surface area contributed by atoms with E-state index in [9.17, 15) is 0 Å². The van der Waals surface area contributed by atoms with Crippen molar-refractivity contribution in [1.29, 1.82) is 0 Å². The summed E-state index contributed by atoms with van der Waals surface area (Å²) in [5, 5.41) is 8.07. The van der Waals surface area contributed by atoms with Gasteiger partial charge in [-0.15, -0.1) is 0 Å². The average Bonchev–Trinajstić information content (AvgIpc) is 2.96. The van der Waals surface area contributed by atoms with Crippen molar-refractivity contribution < 1.29 is 4.52 Å². The summed E-state index contributed by atoms with van der Waals surface area (Å²) < 4.78 is 7.76. The van der Waals surface area contributed by atoms with Crippen molar-refractivity contribution in [2.45, 2.75) is 20.0 Å². The van der Waals surface area contributed by atoms with Gasteiger partial charge in [-0.05, 0) is 29.9 Å². The highest BCUT2D eigenvalue weighted by Gasteiger charge is 2.11. The fourth-order valence-electron chi connectivity index (χ4n) is 1.99. The monoisotopic (exact) mass is 336 g/mol. The van der Waals surface area contributed by atoms with Crippen LogP contribution in [0.2, 0.25) is 0 Å². The van der Waals surface area contributed by atoms with Gasteiger partial charge in [0, 0.05) is 24.5 Å². The van der Waals surface area contributed by atoms with Crippen LogP contribution in [0.4, 0.5) is 0 Å². The van der Waals surface area contributed by atoms with E-state index in [1.54, 1.807) is 17.6 Å². The van der Waals surface area contributed by atoms with E-state index in [0.29, 0.717) is 24.8 Å². The lowest BCUT2D eigenvalue weighted by Gasteiger charge is -2.12. The lowest BCUT2D eigenvalue weighted by molar-refractivity contribution is 0.261. The summed E-state index contributed by atoms with van der Waals surface area (Å²) >= 11 is 3.38. The molecule has 0 atom stereocenters. The molecule has 0 spiro atoms. The standard InChI is InChI=1S/C12H13BrN6O/c1-8-16-11(20-17-8)7-18(2)5-9-3-15-19-6-10(13)4-14-12(9)19/h3-4,6H,5,7H2,1-2H3. The molecule has 3 aromatic rings. The van der Waals surface area contributed by atoms with Gasteiger partial charge < -0.3 is 4.52 Å². The van der Waals surface area contributed by atoms with Crippen molar-refractivity contribution in [3.05, 3.63) is 40.3 Å². The van der Waals surface area contributed by atoms with E-state index >= 15 is 0 Å². The third-order valence-corrected chi connectivity index (χ3v) is 3.22. The highest BCUT2D eigenvalue weighted by Crippen LogP contribution is 2.14. The number of hydrogen-bond acceptors (Lipinski definition) is 6. The molecular weight excluding hydrogens is 324 g/mol. The first kappa shape index (κ1) is 13.2. The van der Waals surface area contributed by atoms with Gasteiger partial charge in [-0.2, -0.15) is 10.1 Å². The van der Waals surface area contributed by atoms with E-state index in [1.165, 1.54) is 0 Å². The molecule has 3 aromatic heterocycles. The molecule has 0 N–H and O–H groups in total. The summed E-state index contributed by atoms with van der Waals surface area (Å²) in [7, 11) is 1.99. The van der Waals surface area contributed by atoms with E-state index in [4.69, 9.17) is 4.52 Å². The van der Waals surface area contributed by atoms with Crippen molar-refractivity contribution in [3.8, 4) is 0 Å². The van der Waals surface area contributed by atoms with Gasteiger partial charge in [0.05, 0.1) is 17.2 Å². The van der Waals surface area contributed by atoms with Crippen LogP contribution in [0, 0.1) is 6.92 Å². The number of nitrogens with zero attached hydrogens (tertiary/aromatic N) is 6. The molecule has 0 aliphatic carbocycles. The minimum atomic E-state index is 0.592. The Hall–Kier alpha value is -1.80. The lowest BCUT2D eigenvalue weighted by atomic mass is 10.3. The van der Waals surface area contributed by atoms with Crippen molar-refractivity contribution in [3.63, 3.8) is 0 Å². The van der Waals surface area contributed by atoms with Crippen LogP contribution in [0.25, 0.3) is 5.65 Å². The van der Waals surface area contributed by atoms with E-state index < -0.39 is 0 Å². The van der Waals surface area contributed by atoms with Gasteiger partial charge in [0.2, 0.25) is 5.89 Å². The molecule has 3 rings (SSSR count). The topological polar surface area (TPSA) is 72.4 Å². The molecule has 20 heavy (non-hydrogen) atoms.